The maximum Gasteiger partial charge on any atom is 0.335 e. The second-order valence-electron chi connectivity index (χ2n) is 4.21. The Morgan fingerprint density at radius 1 is 1.32 bits per heavy atom. The van der Waals surface area contributed by atoms with Crippen molar-refractivity contribution < 1.29 is 24.9 Å². The fraction of sp³-hybridized carbons (Fsp3) is 0.385. The van der Waals surface area contributed by atoms with E-state index in [9.17, 15) is 19.8 Å². The SMILES string of the molecule is CC(=O)NCCC(O)C(O)c1cccc(C(=O)O)c1. The van der Waals surface area contributed by atoms with Gasteiger partial charge in [0.15, 0.2) is 0 Å². The first-order chi connectivity index (χ1) is 8.91. The number of aliphatic hydroxyl groups excluding tert-OH is 2. The summed E-state index contributed by atoms with van der Waals surface area (Å²) in [5.74, 6) is -1.31. The molecule has 6 nitrogen and oxygen atoms in total. The minimum atomic E-state index is -1.19. The molecule has 0 aliphatic heterocycles. The molecule has 0 fully saturated rings. The topological polar surface area (TPSA) is 107 Å². The van der Waals surface area contributed by atoms with Gasteiger partial charge in [0.25, 0.3) is 0 Å². The van der Waals surface area contributed by atoms with E-state index in [2.05, 4.69) is 5.32 Å². The van der Waals surface area contributed by atoms with E-state index in [1.807, 2.05) is 0 Å². The van der Waals surface area contributed by atoms with E-state index in [1.165, 1.54) is 25.1 Å². The van der Waals surface area contributed by atoms with E-state index in [0.717, 1.165) is 0 Å². The highest BCUT2D eigenvalue weighted by Crippen LogP contribution is 2.19. The first-order valence-electron chi connectivity index (χ1n) is 5.85. The molecular weight excluding hydrogens is 250 g/mol. The number of carboxylic acid groups (broad SMARTS) is 1. The average molecular weight is 267 g/mol. The number of benzene rings is 1. The lowest BCUT2D eigenvalue weighted by molar-refractivity contribution is -0.119. The second-order valence-corrected chi connectivity index (χ2v) is 4.21. The third-order valence-corrected chi connectivity index (χ3v) is 2.65. The fourth-order valence-corrected chi connectivity index (χ4v) is 1.63. The van der Waals surface area contributed by atoms with Crippen molar-refractivity contribution in [3.8, 4) is 0 Å². The molecule has 104 valence electrons. The minimum Gasteiger partial charge on any atom is -0.478 e. The lowest BCUT2D eigenvalue weighted by Crippen LogP contribution is -2.27. The molecule has 19 heavy (non-hydrogen) atoms. The molecule has 1 rings (SSSR count). The summed E-state index contributed by atoms with van der Waals surface area (Å²) in [6, 6.07) is 5.76. The van der Waals surface area contributed by atoms with Crippen molar-refractivity contribution in [2.24, 2.45) is 0 Å². The number of amides is 1. The van der Waals surface area contributed by atoms with Crippen LogP contribution in [0.1, 0.15) is 35.4 Å². The van der Waals surface area contributed by atoms with Gasteiger partial charge >= 0.3 is 5.97 Å². The highest BCUT2D eigenvalue weighted by atomic mass is 16.4. The number of carbonyl (C=O) groups excluding carboxylic acids is 1. The average Bonchev–Trinajstić information content (AvgIpc) is 2.37. The van der Waals surface area contributed by atoms with E-state index < -0.39 is 18.2 Å². The van der Waals surface area contributed by atoms with E-state index in [4.69, 9.17) is 5.11 Å². The zero-order valence-corrected chi connectivity index (χ0v) is 10.5. The maximum absolute atomic E-state index is 10.8. The molecule has 2 unspecified atom stereocenters. The molecule has 0 saturated carbocycles. The Hall–Kier alpha value is -1.92. The summed E-state index contributed by atoms with van der Waals surface area (Å²) < 4.78 is 0. The fourth-order valence-electron chi connectivity index (χ4n) is 1.63. The zero-order valence-electron chi connectivity index (χ0n) is 10.5. The van der Waals surface area contributed by atoms with Gasteiger partial charge in [-0.05, 0) is 24.1 Å². The lowest BCUT2D eigenvalue weighted by atomic mass is 10.00. The predicted octanol–water partition coefficient (Wildman–Crippen LogP) is 0.305. The van der Waals surface area contributed by atoms with Crippen molar-refractivity contribution in [3.63, 3.8) is 0 Å². The monoisotopic (exact) mass is 267 g/mol. The van der Waals surface area contributed by atoms with Crippen molar-refractivity contribution in [3.05, 3.63) is 35.4 Å². The number of nitrogens with one attached hydrogen (secondary N) is 1. The van der Waals surface area contributed by atoms with Crippen molar-refractivity contribution in [1.82, 2.24) is 5.32 Å². The van der Waals surface area contributed by atoms with Gasteiger partial charge in [-0.25, -0.2) is 4.79 Å². The van der Waals surface area contributed by atoms with E-state index >= 15 is 0 Å². The highest BCUT2D eigenvalue weighted by molar-refractivity contribution is 5.87. The first-order valence-corrected chi connectivity index (χ1v) is 5.85. The largest absolute Gasteiger partial charge is 0.478 e. The van der Waals surface area contributed by atoms with Crippen LogP contribution in [0.2, 0.25) is 0 Å². The summed E-state index contributed by atoms with van der Waals surface area (Å²) in [7, 11) is 0. The van der Waals surface area contributed by atoms with Crippen LogP contribution in [-0.4, -0.2) is 39.8 Å². The molecule has 6 heteroatoms. The molecule has 4 N–H and O–H groups in total. The normalized spacial score (nSPS) is 13.6. The second kappa shape index (κ2) is 6.86. The Kier molecular flexibility index (Phi) is 5.47. The van der Waals surface area contributed by atoms with Gasteiger partial charge < -0.3 is 20.6 Å². The molecule has 0 aliphatic carbocycles. The van der Waals surface area contributed by atoms with Gasteiger partial charge in [0, 0.05) is 13.5 Å². The van der Waals surface area contributed by atoms with Gasteiger partial charge in [0.1, 0.15) is 6.10 Å². The van der Waals surface area contributed by atoms with E-state index in [1.54, 1.807) is 6.07 Å². The molecule has 0 aliphatic rings. The molecule has 0 saturated heterocycles. The summed E-state index contributed by atoms with van der Waals surface area (Å²) in [4.78, 5) is 21.5. The van der Waals surface area contributed by atoms with Crippen molar-refractivity contribution >= 4 is 11.9 Å². The predicted molar refractivity (Wildman–Crippen MR) is 67.7 cm³/mol. The molecule has 1 aromatic rings. The number of carbonyl (C=O) groups is 2. The van der Waals surface area contributed by atoms with Gasteiger partial charge in [-0.2, -0.15) is 0 Å². The molecule has 1 amide bonds. The van der Waals surface area contributed by atoms with Crippen molar-refractivity contribution in [2.45, 2.75) is 25.6 Å². The molecular formula is C13H17NO5. The van der Waals surface area contributed by atoms with Crippen LogP contribution in [0.5, 0.6) is 0 Å². The highest BCUT2D eigenvalue weighted by Gasteiger charge is 2.19. The maximum atomic E-state index is 10.8. The van der Waals surface area contributed by atoms with E-state index in [-0.39, 0.29) is 24.4 Å². The van der Waals surface area contributed by atoms with Gasteiger partial charge in [0.2, 0.25) is 5.91 Å². The third-order valence-electron chi connectivity index (χ3n) is 2.65. The Balaban J connectivity index is 2.65. The van der Waals surface area contributed by atoms with Crippen LogP contribution in [0.3, 0.4) is 0 Å². The smallest absolute Gasteiger partial charge is 0.335 e. The molecule has 0 radical (unpaired) electrons. The Morgan fingerprint density at radius 2 is 2.00 bits per heavy atom. The first kappa shape index (κ1) is 15.1. The van der Waals surface area contributed by atoms with Gasteiger partial charge in [-0.15, -0.1) is 0 Å². The number of rotatable bonds is 6. The molecule has 1 aromatic carbocycles. The van der Waals surface area contributed by atoms with Gasteiger partial charge in [-0.3, -0.25) is 4.79 Å². The summed E-state index contributed by atoms with van der Waals surface area (Å²) >= 11 is 0. The number of carboxylic acids is 1. The standard InChI is InChI=1S/C13H17NO5/c1-8(15)14-6-5-11(16)12(17)9-3-2-4-10(7-9)13(18)19/h2-4,7,11-12,16-17H,5-6H2,1H3,(H,14,15)(H,18,19). The van der Waals surface area contributed by atoms with Crippen molar-refractivity contribution in [1.29, 1.82) is 0 Å². The number of hydrogen-bond acceptors (Lipinski definition) is 4. The summed E-state index contributed by atoms with van der Waals surface area (Å²) in [5.41, 5.74) is 0.376. The van der Waals surface area contributed by atoms with Crippen LogP contribution in [-0.2, 0) is 4.79 Å². The van der Waals surface area contributed by atoms with Crippen LogP contribution in [0.25, 0.3) is 0 Å². The summed E-state index contributed by atoms with van der Waals surface area (Å²) in [6.07, 6.45) is -2.08. The molecule has 2 atom stereocenters. The van der Waals surface area contributed by atoms with Crippen LogP contribution in [0, 0.1) is 0 Å². The van der Waals surface area contributed by atoms with Crippen LogP contribution in [0.4, 0.5) is 0 Å². The third kappa shape index (κ3) is 4.69. The van der Waals surface area contributed by atoms with Crippen LogP contribution >= 0.6 is 0 Å². The van der Waals surface area contributed by atoms with Crippen molar-refractivity contribution in [2.75, 3.05) is 6.54 Å². The Bertz CT molecular complexity index is 460. The van der Waals surface area contributed by atoms with Gasteiger partial charge in [-0.1, -0.05) is 12.1 Å². The van der Waals surface area contributed by atoms with E-state index in [0.29, 0.717) is 5.56 Å². The van der Waals surface area contributed by atoms with Crippen LogP contribution < -0.4 is 5.32 Å². The van der Waals surface area contributed by atoms with Crippen LogP contribution in [0.15, 0.2) is 24.3 Å². The minimum absolute atomic E-state index is 0.0469. The zero-order chi connectivity index (χ0) is 14.4. The lowest BCUT2D eigenvalue weighted by Gasteiger charge is -2.18. The quantitative estimate of drug-likeness (QED) is 0.593. The molecule has 0 aromatic heterocycles. The number of aliphatic hydroxyl groups is 2. The van der Waals surface area contributed by atoms with Gasteiger partial charge in [0.05, 0.1) is 11.7 Å². The molecule has 0 heterocycles. The Morgan fingerprint density at radius 3 is 2.58 bits per heavy atom. The molecule has 0 spiro atoms. The number of hydrogen-bond donors (Lipinski definition) is 4. The summed E-state index contributed by atoms with van der Waals surface area (Å²) in [5, 5.41) is 31.0. The number of aromatic carboxylic acids is 1. The summed E-state index contributed by atoms with van der Waals surface area (Å²) in [6.45, 7) is 1.60. The molecule has 0 bridgehead atoms. The Labute approximate surface area is 110 Å².